The molecule has 1 aliphatic heterocycles. The highest BCUT2D eigenvalue weighted by Gasteiger charge is 2.15. The van der Waals surface area contributed by atoms with Gasteiger partial charge in [-0.2, -0.15) is 0 Å². The average molecular weight is 226 g/mol. The van der Waals surface area contributed by atoms with Gasteiger partial charge in [0.25, 0.3) is 0 Å². The Morgan fingerprint density at radius 1 is 1.12 bits per heavy atom. The Balaban J connectivity index is 1.94. The Kier molecular flexibility index (Phi) is 2.63. The largest absolute Gasteiger partial charge is 0.372 e. The number of nitrogens with zero attached hydrogens (tertiary/aromatic N) is 1. The summed E-state index contributed by atoms with van der Waals surface area (Å²) in [5.74, 6) is 0. The Bertz CT molecular complexity index is 525. The van der Waals surface area contributed by atoms with Crippen LogP contribution in [0.25, 0.3) is 0 Å². The van der Waals surface area contributed by atoms with Crippen molar-refractivity contribution < 1.29 is 4.74 Å². The molecular formula is C14H14N2O. The summed E-state index contributed by atoms with van der Waals surface area (Å²) >= 11 is 0. The summed E-state index contributed by atoms with van der Waals surface area (Å²) in [6, 6.07) is 10.1. The zero-order valence-corrected chi connectivity index (χ0v) is 9.47. The lowest BCUT2D eigenvalue weighted by Gasteiger charge is -2.13. The fourth-order valence-electron chi connectivity index (χ4n) is 2.14. The van der Waals surface area contributed by atoms with Crippen molar-refractivity contribution in [3.05, 3.63) is 65.0 Å². The first-order valence-electron chi connectivity index (χ1n) is 5.69. The summed E-state index contributed by atoms with van der Waals surface area (Å²) < 4.78 is 5.40. The van der Waals surface area contributed by atoms with Crippen molar-refractivity contribution >= 4 is 0 Å². The number of hydrogen-bond donors (Lipinski definition) is 1. The van der Waals surface area contributed by atoms with Gasteiger partial charge < -0.3 is 10.5 Å². The highest BCUT2D eigenvalue weighted by Crippen LogP contribution is 2.25. The van der Waals surface area contributed by atoms with Crippen LogP contribution in [-0.2, 0) is 18.0 Å². The van der Waals surface area contributed by atoms with Crippen LogP contribution in [0.4, 0.5) is 0 Å². The molecule has 1 aliphatic rings. The summed E-state index contributed by atoms with van der Waals surface area (Å²) in [7, 11) is 0. The molecule has 3 heteroatoms. The van der Waals surface area contributed by atoms with E-state index >= 15 is 0 Å². The van der Waals surface area contributed by atoms with Crippen molar-refractivity contribution in [3.63, 3.8) is 0 Å². The second kappa shape index (κ2) is 4.28. The highest BCUT2D eigenvalue weighted by molar-refractivity contribution is 5.37. The summed E-state index contributed by atoms with van der Waals surface area (Å²) in [6.45, 7) is 1.42. The molecule has 0 bridgehead atoms. The van der Waals surface area contributed by atoms with E-state index in [-0.39, 0.29) is 6.04 Å². The second-order valence-electron chi connectivity index (χ2n) is 4.28. The first-order chi connectivity index (χ1) is 8.34. The molecule has 2 N–H and O–H groups in total. The number of fused-ring (bicyclic) bond motifs is 1. The molecule has 86 valence electrons. The molecule has 1 aromatic heterocycles. The molecule has 0 aliphatic carbocycles. The Hall–Kier alpha value is -1.71. The molecule has 1 aromatic carbocycles. The van der Waals surface area contributed by atoms with Crippen LogP contribution in [-0.4, -0.2) is 4.98 Å². The number of ether oxygens (including phenoxy) is 1. The highest BCUT2D eigenvalue weighted by atomic mass is 16.5. The molecule has 0 saturated carbocycles. The fraction of sp³-hybridized carbons (Fsp3) is 0.214. The SMILES string of the molecule is NC(c1cccnc1)c1ccc2c(c1)COC2. The van der Waals surface area contributed by atoms with Gasteiger partial charge in [0.15, 0.2) is 0 Å². The average Bonchev–Trinajstić information content (AvgIpc) is 2.86. The minimum absolute atomic E-state index is 0.116. The van der Waals surface area contributed by atoms with Gasteiger partial charge in [-0.15, -0.1) is 0 Å². The predicted octanol–water partition coefficient (Wildman–Crippen LogP) is 2.16. The zero-order valence-electron chi connectivity index (χ0n) is 9.47. The van der Waals surface area contributed by atoms with E-state index in [9.17, 15) is 0 Å². The van der Waals surface area contributed by atoms with Crippen molar-refractivity contribution in [1.82, 2.24) is 4.98 Å². The van der Waals surface area contributed by atoms with Gasteiger partial charge in [0, 0.05) is 12.4 Å². The third kappa shape index (κ3) is 1.95. The monoisotopic (exact) mass is 226 g/mol. The van der Waals surface area contributed by atoms with E-state index in [1.165, 1.54) is 11.1 Å². The van der Waals surface area contributed by atoms with E-state index in [1.807, 2.05) is 18.3 Å². The van der Waals surface area contributed by atoms with Crippen molar-refractivity contribution in [2.45, 2.75) is 19.3 Å². The molecule has 0 saturated heterocycles. The van der Waals surface area contributed by atoms with Gasteiger partial charge in [-0.25, -0.2) is 0 Å². The third-order valence-electron chi connectivity index (χ3n) is 3.15. The van der Waals surface area contributed by atoms with Gasteiger partial charge in [0.05, 0.1) is 19.3 Å². The number of pyridine rings is 1. The van der Waals surface area contributed by atoms with Crippen LogP contribution in [0.2, 0.25) is 0 Å². The maximum absolute atomic E-state index is 6.23. The van der Waals surface area contributed by atoms with Crippen LogP contribution in [0.15, 0.2) is 42.7 Å². The lowest BCUT2D eigenvalue weighted by Crippen LogP contribution is -2.12. The van der Waals surface area contributed by atoms with E-state index in [4.69, 9.17) is 10.5 Å². The lowest BCUT2D eigenvalue weighted by atomic mass is 9.97. The molecule has 3 nitrogen and oxygen atoms in total. The first kappa shape index (κ1) is 10.4. The Labute approximate surface area is 100 Å². The maximum Gasteiger partial charge on any atom is 0.0725 e. The number of rotatable bonds is 2. The van der Waals surface area contributed by atoms with E-state index in [0.717, 1.165) is 17.7 Å². The number of aromatic nitrogens is 1. The van der Waals surface area contributed by atoms with Gasteiger partial charge >= 0.3 is 0 Å². The quantitative estimate of drug-likeness (QED) is 0.853. The molecule has 17 heavy (non-hydrogen) atoms. The molecule has 0 fully saturated rings. The summed E-state index contributed by atoms with van der Waals surface area (Å²) in [5.41, 5.74) is 10.9. The molecule has 2 heterocycles. The van der Waals surface area contributed by atoms with E-state index < -0.39 is 0 Å². The third-order valence-corrected chi connectivity index (χ3v) is 3.15. The van der Waals surface area contributed by atoms with Crippen molar-refractivity contribution in [2.75, 3.05) is 0 Å². The van der Waals surface area contributed by atoms with Gasteiger partial charge in [-0.05, 0) is 28.3 Å². The Morgan fingerprint density at radius 3 is 2.82 bits per heavy atom. The van der Waals surface area contributed by atoms with Gasteiger partial charge in [-0.3, -0.25) is 4.98 Å². The topological polar surface area (TPSA) is 48.1 Å². The normalized spacial score (nSPS) is 15.6. The summed E-state index contributed by atoms with van der Waals surface area (Å²) in [4.78, 5) is 4.10. The molecule has 0 radical (unpaired) electrons. The van der Waals surface area contributed by atoms with Crippen molar-refractivity contribution in [3.8, 4) is 0 Å². The van der Waals surface area contributed by atoms with Gasteiger partial charge in [-0.1, -0.05) is 24.3 Å². The number of hydrogen-bond acceptors (Lipinski definition) is 3. The molecule has 0 amide bonds. The molecule has 1 atom stereocenters. The van der Waals surface area contributed by atoms with Crippen LogP contribution in [0.5, 0.6) is 0 Å². The summed E-state index contributed by atoms with van der Waals surface area (Å²) in [5, 5.41) is 0. The molecular weight excluding hydrogens is 212 g/mol. The van der Waals surface area contributed by atoms with Crippen LogP contribution >= 0.6 is 0 Å². The molecule has 2 aromatic rings. The minimum atomic E-state index is -0.116. The maximum atomic E-state index is 6.23. The van der Waals surface area contributed by atoms with Crippen LogP contribution < -0.4 is 5.73 Å². The molecule has 3 rings (SSSR count). The predicted molar refractivity (Wildman–Crippen MR) is 65.2 cm³/mol. The standard InChI is InChI=1S/C14H14N2O/c15-14(11-2-1-5-16-7-11)10-3-4-12-8-17-9-13(12)6-10/h1-7,14H,8-9,15H2. The smallest absolute Gasteiger partial charge is 0.0725 e. The fourth-order valence-corrected chi connectivity index (χ4v) is 2.14. The zero-order chi connectivity index (χ0) is 11.7. The molecule has 0 spiro atoms. The second-order valence-corrected chi connectivity index (χ2v) is 4.28. The molecule has 1 unspecified atom stereocenters. The van der Waals surface area contributed by atoms with E-state index in [1.54, 1.807) is 6.20 Å². The Morgan fingerprint density at radius 2 is 2.00 bits per heavy atom. The van der Waals surface area contributed by atoms with Gasteiger partial charge in [0.1, 0.15) is 0 Å². The number of nitrogens with two attached hydrogens (primary N) is 1. The lowest BCUT2D eigenvalue weighted by molar-refractivity contribution is 0.134. The van der Waals surface area contributed by atoms with E-state index in [0.29, 0.717) is 6.61 Å². The van der Waals surface area contributed by atoms with E-state index in [2.05, 4.69) is 23.2 Å². The van der Waals surface area contributed by atoms with Crippen molar-refractivity contribution in [1.29, 1.82) is 0 Å². The summed E-state index contributed by atoms with van der Waals surface area (Å²) in [6.07, 6.45) is 3.57. The van der Waals surface area contributed by atoms with Crippen LogP contribution in [0.1, 0.15) is 28.3 Å². The first-order valence-corrected chi connectivity index (χ1v) is 5.69. The minimum Gasteiger partial charge on any atom is -0.372 e. The van der Waals surface area contributed by atoms with Gasteiger partial charge in [0.2, 0.25) is 0 Å². The van der Waals surface area contributed by atoms with Crippen LogP contribution in [0.3, 0.4) is 0 Å². The van der Waals surface area contributed by atoms with Crippen molar-refractivity contribution in [2.24, 2.45) is 5.73 Å². The number of benzene rings is 1. The van der Waals surface area contributed by atoms with Crippen LogP contribution in [0, 0.1) is 0 Å².